The summed E-state index contributed by atoms with van der Waals surface area (Å²) in [6, 6.07) is 11.3. The van der Waals surface area contributed by atoms with Crippen LogP contribution in [0.3, 0.4) is 0 Å². The van der Waals surface area contributed by atoms with Gasteiger partial charge in [0.15, 0.2) is 0 Å². The maximum absolute atomic E-state index is 14.3. The highest BCUT2D eigenvalue weighted by Gasteiger charge is 2.18. The van der Waals surface area contributed by atoms with Gasteiger partial charge in [0.2, 0.25) is 0 Å². The molecular formula is C18H19FN6. The Hall–Kier alpha value is -2.80. The molecule has 25 heavy (non-hydrogen) atoms. The second-order valence-corrected chi connectivity index (χ2v) is 6.08. The zero-order chi connectivity index (χ0) is 17.1. The van der Waals surface area contributed by atoms with Crippen LogP contribution in [0, 0.1) is 5.82 Å². The van der Waals surface area contributed by atoms with Gasteiger partial charge in [-0.3, -0.25) is 4.90 Å². The number of piperazine rings is 1. The van der Waals surface area contributed by atoms with Crippen molar-refractivity contribution in [1.29, 1.82) is 0 Å². The van der Waals surface area contributed by atoms with Gasteiger partial charge in [-0.05, 0) is 29.8 Å². The predicted molar refractivity (Wildman–Crippen MR) is 93.0 cm³/mol. The van der Waals surface area contributed by atoms with Gasteiger partial charge in [-0.15, -0.1) is 0 Å². The van der Waals surface area contributed by atoms with Crippen molar-refractivity contribution in [3.8, 4) is 5.69 Å². The summed E-state index contributed by atoms with van der Waals surface area (Å²) in [5, 5.41) is 3.97. The fraction of sp³-hybridized carbons (Fsp3) is 0.278. The first-order valence-electron chi connectivity index (χ1n) is 8.31. The lowest BCUT2D eigenvalue weighted by Gasteiger charge is -2.35. The van der Waals surface area contributed by atoms with Gasteiger partial charge in [0.25, 0.3) is 0 Å². The van der Waals surface area contributed by atoms with Gasteiger partial charge in [0.05, 0.1) is 0 Å². The lowest BCUT2D eigenvalue weighted by molar-refractivity contribution is 0.249. The number of aromatic nitrogens is 4. The average molecular weight is 338 g/mol. The minimum atomic E-state index is -0.282. The standard InChI is InChI=1S/C18H19FN6/c19-16-11-15(4-5-17(16)25-14-20-13-22-25)12-23-7-9-24(10-8-23)18-3-1-2-6-21-18/h1-6,11,13-14H,7-10,12H2. The summed E-state index contributed by atoms with van der Waals surface area (Å²) < 4.78 is 15.8. The molecule has 0 saturated carbocycles. The minimum Gasteiger partial charge on any atom is -0.354 e. The van der Waals surface area contributed by atoms with E-state index < -0.39 is 0 Å². The number of hydrogen-bond donors (Lipinski definition) is 0. The Balaban J connectivity index is 1.38. The first-order valence-corrected chi connectivity index (χ1v) is 8.31. The lowest BCUT2D eigenvalue weighted by Crippen LogP contribution is -2.46. The molecule has 3 heterocycles. The molecule has 0 unspecified atom stereocenters. The van der Waals surface area contributed by atoms with Gasteiger partial charge in [0.1, 0.15) is 30.0 Å². The fourth-order valence-corrected chi connectivity index (χ4v) is 3.10. The molecule has 1 fully saturated rings. The highest BCUT2D eigenvalue weighted by molar-refractivity contribution is 5.38. The van der Waals surface area contributed by atoms with E-state index in [4.69, 9.17) is 0 Å². The molecule has 0 N–H and O–H groups in total. The van der Waals surface area contributed by atoms with E-state index in [1.54, 1.807) is 12.1 Å². The molecule has 0 atom stereocenters. The van der Waals surface area contributed by atoms with Crippen LogP contribution in [0.5, 0.6) is 0 Å². The third-order valence-corrected chi connectivity index (χ3v) is 4.43. The van der Waals surface area contributed by atoms with Crippen LogP contribution in [-0.4, -0.2) is 50.8 Å². The third kappa shape index (κ3) is 3.51. The van der Waals surface area contributed by atoms with Crippen LogP contribution >= 0.6 is 0 Å². The van der Waals surface area contributed by atoms with Gasteiger partial charge in [-0.1, -0.05) is 12.1 Å². The lowest BCUT2D eigenvalue weighted by atomic mass is 10.1. The molecule has 0 aliphatic carbocycles. The van der Waals surface area contributed by atoms with Crippen LogP contribution in [0.2, 0.25) is 0 Å². The maximum Gasteiger partial charge on any atom is 0.149 e. The highest BCUT2D eigenvalue weighted by atomic mass is 19.1. The maximum atomic E-state index is 14.3. The molecule has 1 aliphatic heterocycles. The Morgan fingerprint density at radius 2 is 1.92 bits per heavy atom. The molecule has 7 heteroatoms. The van der Waals surface area contributed by atoms with Crippen molar-refractivity contribution in [3.63, 3.8) is 0 Å². The summed E-state index contributed by atoms with van der Waals surface area (Å²) in [6.07, 6.45) is 4.71. The van der Waals surface area contributed by atoms with Crippen molar-refractivity contribution in [3.05, 3.63) is 66.6 Å². The summed E-state index contributed by atoms with van der Waals surface area (Å²) >= 11 is 0. The molecule has 3 aromatic rings. The number of hydrogen-bond acceptors (Lipinski definition) is 5. The molecule has 1 aliphatic rings. The Kier molecular flexibility index (Phi) is 4.39. The van der Waals surface area contributed by atoms with Crippen molar-refractivity contribution in [1.82, 2.24) is 24.6 Å². The van der Waals surface area contributed by atoms with E-state index in [1.807, 2.05) is 30.5 Å². The molecule has 1 aromatic carbocycles. The Labute approximate surface area is 145 Å². The van der Waals surface area contributed by atoms with E-state index >= 15 is 0 Å². The number of benzene rings is 1. The Morgan fingerprint density at radius 1 is 1.04 bits per heavy atom. The van der Waals surface area contributed by atoms with E-state index in [1.165, 1.54) is 17.3 Å². The van der Waals surface area contributed by atoms with Crippen LogP contribution in [0.25, 0.3) is 5.69 Å². The monoisotopic (exact) mass is 338 g/mol. The second-order valence-electron chi connectivity index (χ2n) is 6.08. The van der Waals surface area contributed by atoms with Crippen LogP contribution < -0.4 is 4.90 Å². The molecule has 0 amide bonds. The van der Waals surface area contributed by atoms with E-state index in [-0.39, 0.29) is 5.82 Å². The number of nitrogens with zero attached hydrogens (tertiary/aromatic N) is 6. The topological polar surface area (TPSA) is 50.1 Å². The summed E-state index contributed by atoms with van der Waals surface area (Å²) in [5.74, 6) is 0.737. The number of anilines is 1. The van der Waals surface area contributed by atoms with Crippen molar-refractivity contribution in [2.75, 3.05) is 31.1 Å². The minimum absolute atomic E-state index is 0.282. The zero-order valence-electron chi connectivity index (χ0n) is 13.8. The molecule has 4 rings (SSSR count). The smallest absolute Gasteiger partial charge is 0.149 e. The van der Waals surface area contributed by atoms with Crippen LogP contribution in [0.4, 0.5) is 10.2 Å². The largest absolute Gasteiger partial charge is 0.354 e. The van der Waals surface area contributed by atoms with Gasteiger partial charge in [-0.2, -0.15) is 5.10 Å². The van der Waals surface area contributed by atoms with Crippen LogP contribution in [-0.2, 0) is 6.54 Å². The van der Waals surface area contributed by atoms with Crippen molar-refractivity contribution < 1.29 is 4.39 Å². The molecule has 0 radical (unpaired) electrons. The van der Waals surface area contributed by atoms with E-state index in [0.717, 1.165) is 44.1 Å². The normalized spacial score (nSPS) is 15.5. The summed E-state index contributed by atoms with van der Waals surface area (Å²) in [4.78, 5) is 12.9. The molecule has 1 saturated heterocycles. The van der Waals surface area contributed by atoms with Gasteiger partial charge >= 0.3 is 0 Å². The van der Waals surface area contributed by atoms with E-state index in [9.17, 15) is 4.39 Å². The molecule has 2 aromatic heterocycles. The Bertz CT molecular complexity index is 813. The molecule has 0 bridgehead atoms. The zero-order valence-corrected chi connectivity index (χ0v) is 13.8. The number of halogens is 1. The summed E-state index contributed by atoms with van der Waals surface area (Å²) in [5.41, 5.74) is 1.38. The number of pyridine rings is 1. The third-order valence-electron chi connectivity index (χ3n) is 4.43. The average Bonchev–Trinajstić information content (AvgIpc) is 3.18. The van der Waals surface area contributed by atoms with Gasteiger partial charge in [0, 0.05) is 38.9 Å². The number of rotatable bonds is 4. The van der Waals surface area contributed by atoms with Crippen LogP contribution in [0.1, 0.15) is 5.56 Å². The van der Waals surface area contributed by atoms with Crippen molar-refractivity contribution in [2.24, 2.45) is 0 Å². The predicted octanol–water partition coefficient (Wildman–Crippen LogP) is 2.12. The van der Waals surface area contributed by atoms with E-state index in [0.29, 0.717) is 5.69 Å². The van der Waals surface area contributed by atoms with Gasteiger partial charge < -0.3 is 4.90 Å². The van der Waals surface area contributed by atoms with Gasteiger partial charge in [-0.25, -0.2) is 19.0 Å². The SMILES string of the molecule is Fc1cc(CN2CCN(c3ccccn3)CC2)ccc1-n1cncn1. The quantitative estimate of drug-likeness (QED) is 0.729. The van der Waals surface area contributed by atoms with E-state index in [2.05, 4.69) is 24.9 Å². The summed E-state index contributed by atoms with van der Waals surface area (Å²) in [7, 11) is 0. The molecule has 128 valence electrons. The van der Waals surface area contributed by atoms with Crippen molar-refractivity contribution in [2.45, 2.75) is 6.54 Å². The van der Waals surface area contributed by atoms with Crippen molar-refractivity contribution >= 4 is 5.82 Å². The first kappa shape index (κ1) is 15.7. The highest BCUT2D eigenvalue weighted by Crippen LogP contribution is 2.17. The molecular weight excluding hydrogens is 319 g/mol. The molecule has 0 spiro atoms. The van der Waals surface area contributed by atoms with Crippen LogP contribution in [0.15, 0.2) is 55.2 Å². The summed E-state index contributed by atoms with van der Waals surface area (Å²) in [6.45, 7) is 4.46. The molecule has 6 nitrogen and oxygen atoms in total. The fourth-order valence-electron chi connectivity index (χ4n) is 3.10. The first-order chi connectivity index (χ1) is 12.3. The Morgan fingerprint density at radius 3 is 2.60 bits per heavy atom. The second kappa shape index (κ2) is 6.98.